The van der Waals surface area contributed by atoms with Gasteiger partial charge in [-0.3, -0.25) is 10.4 Å². The molecule has 19 heavy (non-hydrogen) atoms. The van der Waals surface area contributed by atoms with Gasteiger partial charge in [-0.25, -0.2) is 0 Å². The molecule has 3 aliphatic rings. The summed E-state index contributed by atoms with van der Waals surface area (Å²) in [5, 5.41) is 20.9. The van der Waals surface area contributed by atoms with Gasteiger partial charge < -0.3 is 9.80 Å². The highest BCUT2D eigenvalue weighted by molar-refractivity contribution is 5.85. The second kappa shape index (κ2) is 3.63. The Bertz CT molecular complexity index is 734. The molecule has 0 fully saturated rings. The van der Waals surface area contributed by atoms with Crippen molar-refractivity contribution in [2.24, 2.45) is 0 Å². The Morgan fingerprint density at radius 2 is 1.63 bits per heavy atom. The second-order valence-electron chi connectivity index (χ2n) is 4.79. The fraction of sp³-hybridized carbons (Fsp3) is 0.143. The maximum Gasteiger partial charge on any atom is 0.104 e. The van der Waals surface area contributed by atoms with Crippen LogP contribution in [0.15, 0.2) is 30.6 Å². The van der Waals surface area contributed by atoms with Gasteiger partial charge in [-0.2, -0.15) is 0 Å². The van der Waals surface area contributed by atoms with E-state index in [-0.39, 0.29) is 5.23 Å². The molecule has 1 aromatic rings. The highest BCUT2D eigenvalue weighted by atomic mass is 16.8. The summed E-state index contributed by atoms with van der Waals surface area (Å²) in [4.78, 5) is 4.37. The maximum atomic E-state index is 9.43. The monoisotopic (exact) mass is 255 g/mol. The molecule has 96 valence electrons. The number of rotatable bonds is 1. The van der Waals surface area contributed by atoms with Crippen molar-refractivity contribution in [3.63, 3.8) is 0 Å². The number of hydrogen-bond acceptors (Lipinski definition) is 5. The van der Waals surface area contributed by atoms with Crippen LogP contribution in [0.4, 0.5) is 17.1 Å². The van der Waals surface area contributed by atoms with Crippen molar-refractivity contribution in [1.29, 1.82) is 0 Å². The van der Waals surface area contributed by atoms with Crippen molar-refractivity contribution in [2.75, 3.05) is 28.1 Å². The van der Waals surface area contributed by atoms with Gasteiger partial charge in [-0.05, 0) is 24.3 Å². The summed E-state index contributed by atoms with van der Waals surface area (Å²) >= 11 is 0. The fourth-order valence-electron chi connectivity index (χ4n) is 2.96. The molecule has 0 spiro atoms. The number of benzene rings is 1. The first-order valence-corrected chi connectivity index (χ1v) is 6.21. The molecular formula is C14H13N3O2. The van der Waals surface area contributed by atoms with E-state index in [1.54, 1.807) is 6.07 Å². The molecule has 0 atom stereocenters. The van der Waals surface area contributed by atoms with Crippen LogP contribution in [0.25, 0.3) is 12.2 Å². The van der Waals surface area contributed by atoms with E-state index in [0.29, 0.717) is 5.69 Å². The summed E-state index contributed by atoms with van der Waals surface area (Å²) < 4.78 is 0. The standard InChI is InChI=1S/C14H13N3O2/c18-17(19)12-9-10-3-1-5-15-7-8-16-6-2-4-11(12)14(16)13(10)15/h1-6,9,18-19H,7-8H2. The number of hydrogen-bond donors (Lipinski definition) is 2. The van der Waals surface area contributed by atoms with Gasteiger partial charge in [0, 0.05) is 35.9 Å². The van der Waals surface area contributed by atoms with Crippen LogP contribution in [-0.2, 0) is 0 Å². The van der Waals surface area contributed by atoms with E-state index in [2.05, 4.69) is 16.0 Å². The molecule has 0 radical (unpaired) electrons. The third-order valence-corrected chi connectivity index (χ3v) is 3.76. The first kappa shape index (κ1) is 10.7. The molecule has 2 N–H and O–H groups in total. The predicted molar refractivity (Wildman–Crippen MR) is 73.6 cm³/mol. The van der Waals surface area contributed by atoms with E-state index in [1.165, 1.54) is 0 Å². The van der Waals surface area contributed by atoms with Crippen LogP contribution < -0.4 is 25.5 Å². The summed E-state index contributed by atoms with van der Waals surface area (Å²) in [5.74, 6) is 0. The third kappa shape index (κ3) is 1.36. The van der Waals surface area contributed by atoms with Crippen LogP contribution in [0.1, 0.15) is 0 Å². The Morgan fingerprint density at radius 3 is 2.37 bits per heavy atom. The number of allylic oxidation sites excluding steroid dienone is 2. The summed E-state index contributed by atoms with van der Waals surface area (Å²) in [6, 6.07) is 1.80. The van der Waals surface area contributed by atoms with Crippen LogP contribution in [0.2, 0.25) is 0 Å². The Hall–Kier alpha value is -2.24. The third-order valence-electron chi connectivity index (χ3n) is 3.76. The first-order valence-electron chi connectivity index (χ1n) is 6.21. The van der Waals surface area contributed by atoms with Crippen molar-refractivity contribution in [3.8, 4) is 0 Å². The topological polar surface area (TPSA) is 50.2 Å². The van der Waals surface area contributed by atoms with Gasteiger partial charge in [0.2, 0.25) is 0 Å². The molecule has 3 heterocycles. The molecule has 0 saturated carbocycles. The maximum absolute atomic E-state index is 9.43. The van der Waals surface area contributed by atoms with E-state index >= 15 is 0 Å². The summed E-state index contributed by atoms with van der Waals surface area (Å²) in [6.45, 7) is 1.81. The van der Waals surface area contributed by atoms with E-state index in [1.807, 2.05) is 30.5 Å². The zero-order chi connectivity index (χ0) is 13.0. The van der Waals surface area contributed by atoms with Crippen LogP contribution >= 0.6 is 0 Å². The fourth-order valence-corrected chi connectivity index (χ4v) is 2.96. The molecule has 1 aromatic carbocycles. The van der Waals surface area contributed by atoms with Gasteiger partial charge in [0.05, 0.1) is 11.4 Å². The summed E-state index contributed by atoms with van der Waals surface area (Å²) in [5.41, 5.74) is 2.57. The predicted octanol–water partition coefficient (Wildman–Crippen LogP) is 0.513. The molecule has 0 aromatic heterocycles. The average Bonchev–Trinajstić information content (AvgIpc) is 2.44. The lowest BCUT2D eigenvalue weighted by Gasteiger charge is -2.38. The lowest BCUT2D eigenvalue weighted by molar-refractivity contribution is 0.0286. The van der Waals surface area contributed by atoms with Crippen molar-refractivity contribution >= 4 is 29.2 Å². The van der Waals surface area contributed by atoms with Crippen molar-refractivity contribution < 1.29 is 10.4 Å². The zero-order valence-corrected chi connectivity index (χ0v) is 10.2. The Kier molecular flexibility index (Phi) is 2.04. The van der Waals surface area contributed by atoms with Crippen molar-refractivity contribution in [2.45, 2.75) is 0 Å². The Labute approximate surface area is 109 Å². The lowest BCUT2D eigenvalue weighted by Crippen LogP contribution is -2.44. The molecule has 0 bridgehead atoms. The molecule has 0 unspecified atom stereocenters. The largest absolute Gasteiger partial charge is 0.344 e. The lowest BCUT2D eigenvalue weighted by atomic mass is 10.0. The van der Waals surface area contributed by atoms with Gasteiger partial charge >= 0.3 is 0 Å². The Morgan fingerprint density at radius 1 is 0.947 bits per heavy atom. The van der Waals surface area contributed by atoms with Gasteiger partial charge in [0.15, 0.2) is 0 Å². The van der Waals surface area contributed by atoms with Crippen LogP contribution in [0.5, 0.6) is 0 Å². The van der Waals surface area contributed by atoms with Crippen molar-refractivity contribution in [3.05, 3.63) is 41.1 Å². The molecule has 0 amide bonds. The Balaban J connectivity index is 2.16. The smallest absolute Gasteiger partial charge is 0.104 e. The van der Waals surface area contributed by atoms with Gasteiger partial charge in [0.1, 0.15) is 5.69 Å². The summed E-state index contributed by atoms with van der Waals surface area (Å²) in [6.07, 6.45) is 11.9. The number of anilines is 3. The van der Waals surface area contributed by atoms with E-state index < -0.39 is 0 Å². The SMILES string of the molecule is ON(O)c1cc2c3c4c1=CC=CN4CCN3C=CC=2. The molecule has 5 nitrogen and oxygen atoms in total. The van der Waals surface area contributed by atoms with Crippen LogP contribution in [0, 0.1) is 0 Å². The van der Waals surface area contributed by atoms with Gasteiger partial charge in [-0.1, -0.05) is 6.08 Å². The molecule has 3 aliphatic heterocycles. The highest BCUT2D eigenvalue weighted by Crippen LogP contribution is 2.31. The molecule has 4 rings (SSSR count). The second-order valence-corrected chi connectivity index (χ2v) is 4.79. The minimum atomic E-state index is 0.199. The molecule has 0 aliphatic carbocycles. The van der Waals surface area contributed by atoms with E-state index in [0.717, 1.165) is 34.9 Å². The zero-order valence-electron chi connectivity index (χ0n) is 10.2. The first-order chi connectivity index (χ1) is 9.25. The quantitative estimate of drug-likeness (QED) is 0.716. The highest BCUT2D eigenvalue weighted by Gasteiger charge is 2.26. The van der Waals surface area contributed by atoms with E-state index in [9.17, 15) is 10.4 Å². The summed E-state index contributed by atoms with van der Waals surface area (Å²) in [7, 11) is 0. The molecular weight excluding hydrogens is 242 g/mol. The van der Waals surface area contributed by atoms with Crippen LogP contribution in [-0.4, -0.2) is 23.5 Å². The molecule has 5 heteroatoms. The van der Waals surface area contributed by atoms with Crippen molar-refractivity contribution in [1.82, 2.24) is 0 Å². The van der Waals surface area contributed by atoms with E-state index in [4.69, 9.17) is 0 Å². The van der Waals surface area contributed by atoms with Crippen LogP contribution in [0.3, 0.4) is 0 Å². The van der Waals surface area contributed by atoms with Gasteiger partial charge in [0.25, 0.3) is 0 Å². The van der Waals surface area contributed by atoms with Gasteiger partial charge in [-0.15, -0.1) is 5.23 Å². The minimum absolute atomic E-state index is 0.199. The minimum Gasteiger partial charge on any atom is -0.344 e. The molecule has 0 saturated heterocycles. The average molecular weight is 255 g/mol. The normalized spacial score (nSPS) is 17.8. The number of nitrogens with zero attached hydrogens (tertiary/aromatic N) is 3.